The standard InChI is InChI=1S/C19H21N5OS2/c1-4-5-9-24-17(25)15-12(2)13(3)27-16(15)22-19(24)26-11-14-10-23-8-6-7-20-18(23)21-14/h6-8,10H,4-5,9,11H2,1-3H3. The number of thiophene rings is 1. The number of aromatic nitrogens is 5. The number of aryl methyl sites for hydroxylation is 2. The Bertz CT molecular complexity index is 1140. The summed E-state index contributed by atoms with van der Waals surface area (Å²) in [6.07, 6.45) is 7.64. The zero-order valence-corrected chi connectivity index (χ0v) is 17.2. The number of hydrogen-bond acceptors (Lipinski definition) is 6. The molecule has 0 aliphatic heterocycles. The minimum absolute atomic E-state index is 0.0782. The first-order chi connectivity index (χ1) is 13.1. The van der Waals surface area contributed by atoms with Gasteiger partial charge in [-0.05, 0) is 31.9 Å². The zero-order valence-electron chi connectivity index (χ0n) is 15.6. The van der Waals surface area contributed by atoms with E-state index in [1.807, 2.05) is 41.3 Å². The molecule has 0 unspecified atom stereocenters. The maximum atomic E-state index is 13.1. The van der Waals surface area contributed by atoms with Gasteiger partial charge < -0.3 is 0 Å². The van der Waals surface area contributed by atoms with E-state index in [0.29, 0.717) is 18.1 Å². The second-order valence-corrected chi connectivity index (χ2v) is 8.66. The fourth-order valence-electron chi connectivity index (χ4n) is 3.02. The van der Waals surface area contributed by atoms with Crippen LogP contribution in [-0.4, -0.2) is 23.9 Å². The van der Waals surface area contributed by atoms with Crippen molar-refractivity contribution in [3.8, 4) is 0 Å². The first-order valence-corrected chi connectivity index (χ1v) is 10.8. The lowest BCUT2D eigenvalue weighted by Gasteiger charge is -2.11. The van der Waals surface area contributed by atoms with Gasteiger partial charge in [-0.15, -0.1) is 11.3 Å². The molecule has 0 bridgehead atoms. The van der Waals surface area contributed by atoms with Gasteiger partial charge in [-0.25, -0.2) is 15.0 Å². The molecule has 140 valence electrons. The molecule has 0 atom stereocenters. The zero-order chi connectivity index (χ0) is 19.0. The lowest BCUT2D eigenvalue weighted by Crippen LogP contribution is -2.23. The number of unbranched alkanes of at least 4 members (excludes halogenated alkanes) is 1. The van der Waals surface area contributed by atoms with E-state index in [-0.39, 0.29) is 5.56 Å². The minimum atomic E-state index is 0.0782. The molecule has 0 N–H and O–H groups in total. The molecule has 4 rings (SSSR count). The number of nitrogens with zero attached hydrogens (tertiary/aromatic N) is 5. The van der Waals surface area contributed by atoms with Crippen molar-refractivity contribution in [3.63, 3.8) is 0 Å². The molecule has 4 heterocycles. The summed E-state index contributed by atoms with van der Waals surface area (Å²) in [5, 5.41) is 1.54. The molecule has 0 aliphatic rings. The highest BCUT2D eigenvalue weighted by atomic mass is 32.2. The smallest absolute Gasteiger partial charge is 0.263 e. The quantitative estimate of drug-likeness (QED) is 0.359. The first kappa shape index (κ1) is 18.2. The molecule has 0 aromatic carbocycles. The van der Waals surface area contributed by atoms with Crippen LogP contribution in [-0.2, 0) is 12.3 Å². The van der Waals surface area contributed by atoms with Crippen LogP contribution in [0.1, 0.15) is 35.9 Å². The number of imidazole rings is 1. The summed E-state index contributed by atoms with van der Waals surface area (Å²) in [6.45, 7) is 6.89. The predicted molar refractivity (Wildman–Crippen MR) is 111 cm³/mol. The third-order valence-corrected chi connectivity index (χ3v) is 6.73. The third-order valence-electron chi connectivity index (χ3n) is 4.62. The van der Waals surface area contributed by atoms with Crippen molar-refractivity contribution in [2.75, 3.05) is 0 Å². The van der Waals surface area contributed by atoms with E-state index in [9.17, 15) is 4.79 Å². The van der Waals surface area contributed by atoms with Gasteiger partial charge in [0.1, 0.15) is 4.83 Å². The van der Waals surface area contributed by atoms with Gasteiger partial charge in [-0.3, -0.25) is 13.8 Å². The van der Waals surface area contributed by atoms with Crippen LogP contribution in [0.15, 0.2) is 34.6 Å². The van der Waals surface area contributed by atoms with Crippen LogP contribution in [0.3, 0.4) is 0 Å². The Morgan fingerprint density at radius 1 is 1.26 bits per heavy atom. The highest BCUT2D eigenvalue weighted by Crippen LogP contribution is 2.29. The second-order valence-electron chi connectivity index (χ2n) is 6.52. The Hall–Kier alpha value is -2.19. The van der Waals surface area contributed by atoms with Crippen molar-refractivity contribution in [1.82, 2.24) is 23.9 Å². The molecular formula is C19H21N5OS2. The molecular weight excluding hydrogens is 378 g/mol. The second kappa shape index (κ2) is 7.44. The van der Waals surface area contributed by atoms with Crippen LogP contribution in [0.4, 0.5) is 0 Å². The normalized spacial score (nSPS) is 11.7. The molecule has 0 saturated carbocycles. The van der Waals surface area contributed by atoms with Gasteiger partial charge in [-0.2, -0.15) is 0 Å². The van der Waals surface area contributed by atoms with E-state index in [1.165, 1.54) is 0 Å². The summed E-state index contributed by atoms with van der Waals surface area (Å²) in [6, 6.07) is 1.88. The minimum Gasteiger partial charge on any atom is -0.291 e. The summed E-state index contributed by atoms with van der Waals surface area (Å²) in [5.74, 6) is 1.33. The van der Waals surface area contributed by atoms with Crippen LogP contribution in [0, 0.1) is 13.8 Å². The average Bonchev–Trinajstić information content (AvgIpc) is 3.20. The molecule has 0 spiro atoms. The Kier molecular flexibility index (Phi) is 5.01. The molecule has 27 heavy (non-hydrogen) atoms. The number of rotatable bonds is 6. The predicted octanol–water partition coefficient (Wildman–Crippen LogP) is 4.21. The van der Waals surface area contributed by atoms with Gasteiger partial charge in [0.05, 0.1) is 11.1 Å². The van der Waals surface area contributed by atoms with Crippen LogP contribution >= 0.6 is 23.1 Å². The number of thioether (sulfide) groups is 1. The summed E-state index contributed by atoms with van der Waals surface area (Å²) < 4.78 is 3.74. The van der Waals surface area contributed by atoms with Crippen molar-refractivity contribution < 1.29 is 0 Å². The molecule has 4 aromatic rings. The fourth-order valence-corrected chi connectivity index (χ4v) is 5.00. The lowest BCUT2D eigenvalue weighted by atomic mass is 10.2. The van der Waals surface area contributed by atoms with E-state index in [1.54, 1.807) is 29.3 Å². The van der Waals surface area contributed by atoms with E-state index >= 15 is 0 Å². The monoisotopic (exact) mass is 399 g/mol. The fraction of sp³-hybridized carbons (Fsp3) is 0.368. The maximum absolute atomic E-state index is 13.1. The highest BCUT2D eigenvalue weighted by Gasteiger charge is 2.17. The SMILES string of the molecule is CCCCn1c(SCc2cn3cccnc3n2)nc2sc(C)c(C)c2c1=O. The summed E-state index contributed by atoms with van der Waals surface area (Å²) in [7, 11) is 0. The van der Waals surface area contributed by atoms with E-state index in [0.717, 1.165) is 44.3 Å². The Morgan fingerprint density at radius 2 is 2.11 bits per heavy atom. The summed E-state index contributed by atoms with van der Waals surface area (Å²) in [5.41, 5.74) is 2.06. The third kappa shape index (κ3) is 3.39. The van der Waals surface area contributed by atoms with Crippen molar-refractivity contribution >= 4 is 39.1 Å². The van der Waals surface area contributed by atoms with Gasteiger partial charge in [-0.1, -0.05) is 25.1 Å². The molecule has 0 amide bonds. The average molecular weight is 400 g/mol. The molecule has 6 nitrogen and oxygen atoms in total. The van der Waals surface area contributed by atoms with Crippen LogP contribution in [0.25, 0.3) is 16.0 Å². The summed E-state index contributed by atoms with van der Waals surface area (Å²) >= 11 is 3.16. The highest BCUT2D eigenvalue weighted by molar-refractivity contribution is 7.98. The molecule has 0 fully saturated rings. The molecule has 0 radical (unpaired) electrons. The Morgan fingerprint density at radius 3 is 2.89 bits per heavy atom. The van der Waals surface area contributed by atoms with E-state index < -0.39 is 0 Å². The lowest BCUT2D eigenvalue weighted by molar-refractivity contribution is 0.558. The van der Waals surface area contributed by atoms with Gasteiger partial charge in [0.15, 0.2) is 5.16 Å². The number of fused-ring (bicyclic) bond motifs is 2. The van der Waals surface area contributed by atoms with Gasteiger partial charge in [0.2, 0.25) is 5.78 Å². The molecule has 0 saturated heterocycles. The van der Waals surface area contributed by atoms with E-state index in [2.05, 4.69) is 16.9 Å². The van der Waals surface area contributed by atoms with Crippen LogP contribution in [0.5, 0.6) is 0 Å². The topological polar surface area (TPSA) is 65.1 Å². The largest absolute Gasteiger partial charge is 0.291 e. The van der Waals surface area contributed by atoms with Crippen molar-refractivity contribution in [3.05, 3.63) is 51.1 Å². The Labute approximate surface area is 165 Å². The van der Waals surface area contributed by atoms with Gasteiger partial charge in [0, 0.05) is 35.8 Å². The van der Waals surface area contributed by atoms with Gasteiger partial charge >= 0.3 is 0 Å². The van der Waals surface area contributed by atoms with Crippen LogP contribution in [0.2, 0.25) is 0 Å². The molecule has 8 heteroatoms. The summed E-state index contributed by atoms with van der Waals surface area (Å²) in [4.78, 5) is 28.8. The molecule has 4 aromatic heterocycles. The van der Waals surface area contributed by atoms with E-state index in [4.69, 9.17) is 4.98 Å². The molecule has 0 aliphatic carbocycles. The first-order valence-electron chi connectivity index (χ1n) is 9.00. The number of hydrogen-bond donors (Lipinski definition) is 0. The Balaban J connectivity index is 1.71. The van der Waals surface area contributed by atoms with Crippen molar-refractivity contribution in [2.45, 2.75) is 51.1 Å². The van der Waals surface area contributed by atoms with Crippen molar-refractivity contribution in [2.24, 2.45) is 0 Å². The van der Waals surface area contributed by atoms with Crippen molar-refractivity contribution in [1.29, 1.82) is 0 Å². The maximum Gasteiger partial charge on any atom is 0.263 e. The van der Waals surface area contributed by atoms with Gasteiger partial charge in [0.25, 0.3) is 5.56 Å². The van der Waals surface area contributed by atoms with Crippen LogP contribution < -0.4 is 5.56 Å².